The van der Waals surface area contributed by atoms with Crippen molar-refractivity contribution in [2.75, 3.05) is 4.90 Å². The Bertz CT molecular complexity index is 1550. The first-order valence-electron chi connectivity index (χ1n) is 14.2. The third-order valence-electron chi connectivity index (χ3n) is 9.78. The monoisotopic (exact) mass is 521 g/mol. The summed E-state index contributed by atoms with van der Waals surface area (Å²) < 4.78 is 6.43. The van der Waals surface area contributed by atoms with Crippen molar-refractivity contribution in [3.63, 3.8) is 0 Å². The van der Waals surface area contributed by atoms with E-state index in [9.17, 15) is 9.59 Å². The Balaban J connectivity index is 1.29. The summed E-state index contributed by atoms with van der Waals surface area (Å²) in [6.07, 6.45) is 7.49. The van der Waals surface area contributed by atoms with Crippen LogP contribution in [0.1, 0.15) is 44.6 Å². The van der Waals surface area contributed by atoms with Gasteiger partial charge in [-0.25, -0.2) is 4.79 Å². The highest BCUT2D eigenvalue weighted by molar-refractivity contribution is 6.02. The summed E-state index contributed by atoms with van der Waals surface area (Å²) in [4.78, 5) is 32.5. The van der Waals surface area contributed by atoms with Crippen molar-refractivity contribution in [1.29, 1.82) is 0 Å². The SMILES string of the molecule is CC(Cc1c[nH]c2ccccc12)(C(N)=O)N(C(=O)OC1C2CC3CC(C2)CC1C3)c1ccc2ccccc2c1. The van der Waals surface area contributed by atoms with E-state index in [0.29, 0.717) is 17.5 Å². The Morgan fingerprint density at radius 3 is 2.31 bits per heavy atom. The summed E-state index contributed by atoms with van der Waals surface area (Å²) in [7, 11) is 0. The van der Waals surface area contributed by atoms with Crippen LogP contribution in [0.2, 0.25) is 0 Å². The van der Waals surface area contributed by atoms with Gasteiger partial charge in [-0.1, -0.05) is 48.5 Å². The molecule has 1 atom stereocenters. The lowest BCUT2D eigenvalue weighted by molar-refractivity contribution is -0.123. The van der Waals surface area contributed by atoms with Crippen LogP contribution in [0.25, 0.3) is 21.7 Å². The first kappa shape index (κ1) is 24.3. The summed E-state index contributed by atoms with van der Waals surface area (Å²) in [5.41, 5.74) is 7.34. The maximum atomic E-state index is 14.3. The van der Waals surface area contributed by atoms with Crippen molar-refractivity contribution < 1.29 is 14.3 Å². The maximum absolute atomic E-state index is 14.3. The molecule has 4 bridgehead atoms. The van der Waals surface area contributed by atoms with Gasteiger partial charge in [-0.2, -0.15) is 0 Å². The molecule has 200 valence electrons. The average Bonchev–Trinajstić information content (AvgIpc) is 3.32. The number of rotatable bonds is 6. The molecule has 0 spiro atoms. The number of aromatic amines is 1. The van der Waals surface area contributed by atoms with E-state index in [1.165, 1.54) is 11.3 Å². The van der Waals surface area contributed by atoms with E-state index < -0.39 is 17.5 Å². The molecule has 4 aliphatic rings. The molecule has 0 saturated heterocycles. The Kier molecular flexibility index (Phi) is 5.69. The van der Waals surface area contributed by atoms with Crippen LogP contribution in [0, 0.1) is 23.7 Å². The molecule has 39 heavy (non-hydrogen) atoms. The zero-order valence-corrected chi connectivity index (χ0v) is 22.3. The van der Waals surface area contributed by atoms with Crippen LogP contribution in [0.3, 0.4) is 0 Å². The van der Waals surface area contributed by atoms with Gasteiger partial charge in [0.1, 0.15) is 11.6 Å². The molecule has 6 nitrogen and oxygen atoms in total. The third kappa shape index (κ3) is 4.08. The van der Waals surface area contributed by atoms with Gasteiger partial charge < -0.3 is 15.5 Å². The fraction of sp³-hybridized carbons (Fsp3) is 0.394. The third-order valence-corrected chi connectivity index (χ3v) is 9.78. The van der Waals surface area contributed by atoms with Crippen LogP contribution in [-0.4, -0.2) is 28.6 Å². The van der Waals surface area contributed by atoms with Crippen LogP contribution in [0.5, 0.6) is 0 Å². The second-order valence-electron chi connectivity index (χ2n) is 12.3. The van der Waals surface area contributed by atoms with Crippen molar-refractivity contribution in [3.05, 3.63) is 78.5 Å². The minimum absolute atomic E-state index is 0.0986. The molecular formula is C33H35N3O3. The smallest absolute Gasteiger partial charge is 0.415 e. The molecule has 4 aromatic rings. The molecule has 6 heteroatoms. The molecule has 4 fully saturated rings. The number of nitrogens with two attached hydrogens (primary N) is 1. The number of carbonyl (C=O) groups is 2. The Morgan fingerprint density at radius 1 is 0.923 bits per heavy atom. The summed E-state index contributed by atoms with van der Waals surface area (Å²) in [6, 6.07) is 21.8. The predicted octanol–water partition coefficient (Wildman–Crippen LogP) is 6.58. The van der Waals surface area contributed by atoms with Crippen LogP contribution in [0.4, 0.5) is 10.5 Å². The van der Waals surface area contributed by atoms with Gasteiger partial charge in [0.2, 0.25) is 5.91 Å². The van der Waals surface area contributed by atoms with E-state index in [0.717, 1.165) is 64.8 Å². The number of anilines is 1. The number of amides is 2. The molecule has 4 aliphatic carbocycles. The van der Waals surface area contributed by atoms with Crippen LogP contribution in [-0.2, 0) is 16.0 Å². The van der Waals surface area contributed by atoms with E-state index in [2.05, 4.69) is 4.98 Å². The number of nitrogens with zero attached hydrogens (tertiary/aromatic N) is 1. The molecule has 3 N–H and O–H groups in total. The van der Waals surface area contributed by atoms with Crippen molar-refractivity contribution in [2.45, 2.75) is 57.1 Å². The van der Waals surface area contributed by atoms with Gasteiger partial charge in [-0.15, -0.1) is 0 Å². The van der Waals surface area contributed by atoms with Gasteiger partial charge in [0.05, 0.1) is 0 Å². The van der Waals surface area contributed by atoms with Crippen molar-refractivity contribution in [2.24, 2.45) is 29.4 Å². The number of aromatic nitrogens is 1. The van der Waals surface area contributed by atoms with E-state index >= 15 is 0 Å². The number of para-hydroxylation sites is 1. The molecule has 8 rings (SSSR count). The van der Waals surface area contributed by atoms with E-state index in [4.69, 9.17) is 10.5 Å². The number of fused-ring (bicyclic) bond motifs is 2. The van der Waals surface area contributed by atoms with Gasteiger partial charge in [0, 0.05) is 29.2 Å². The second-order valence-corrected chi connectivity index (χ2v) is 12.3. The molecular weight excluding hydrogens is 486 g/mol. The highest BCUT2D eigenvalue weighted by Crippen LogP contribution is 2.55. The Morgan fingerprint density at radius 2 is 1.59 bits per heavy atom. The highest BCUT2D eigenvalue weighted by Gasteiger charge is 2.51. The molecule has 1 aromatic heterocycles. The molecule has 3 aromatic carbocycles. The number of H-pyrrole nitrogens is 1. The average molecular weight is 522 g/mol. The number of carbonyl (C=O) groups excluding carboxylic acids is 2. The molecule has 0 aliphatic heterocycles. The fourth-order valence-electron chi connectivity index (χ4n) is 8.07. The first-order valence-corrected chi connectivity index (χ1v) is 14.2. The van der Waals surface area contributed by atoms with Gasteiger partial charge in [0.15, 0.2) is 0 Å². The lowest BCUT2D eigenvalue weighted by Crippen LogP contribution is -2.61. The zero-order chi connectivity index (χ0) is 26.7. The minimum Gasteiger partial charge on any atom is -0.445 e. The van der Waals surface area contributed by atoms with E-state index in [1.807, 2.05) is 72.9 Å². The number of benzene rings is 3. The Hall–Kier alpha value is -3.80. The van der Waals surface area contributed by atoms with Crippen molar-refractivity contribution in [1.82, 2.24) is 4.98 Å². The van der Waals surface area contributed by atoms with Crippen LogP contribution >= 0.6 is 0 Å². The first-order chi connectivity index (χ1) is 18.9. The zero-order valence-electron chi connectivity index (χ0n) is 22.3. The minimum atomic E-state index is -1.35. The lowest BCUT2D eigenvalue weighted by Gasteiger charge is -2.54. The molecule has 1 heterocycles. The van der Waals surface area contributed by atoms with Crippen molar-refractivity contribution in [3.8, 4) is 0 Å². The van der Waals surface area contributed by atoms with E-state index in [-0.39, 0.29) is 12.5 Å². The highest BCUT2D eigenvalue weighted by atomic mass is 16.6. The number of hydrogen-bond donors (Lipinski definition) is 2. The summed E-state index contributed by atoms with van der Waals surface area (Å²) in [5.74, 6) is 1.81. The molecule has 1 unspecified atom stereocenters. The standard InChI is InChI=1S/C33H35N3O3/c1-33(31(34)37,18-26-19-35-29-9-5-4-8-28(26)29)36(27-11-10-22-6-2-3-7-23(22)17-27)32(38)39-30-24-13-20-12-21(15-24)16-25(30)14-20/h2-11,17,19-21,24-25,30,35H,12-16,18H2,1H3,(H2,34,37). The molecule has 4 saturated carbocycles. The summed E-state index contributed by atoms with van der Waals surface area (Å²) in [6.45, 7) is 1.77. The summed E-state index contributed by atoms with van der Waals surface area (Å²) in [5, 5.41) is 3.06. The van der Waals surface area contributed by atoms with Gasteiger partial charge >= 0.3 is 6.09 Å². The second kappa shape index (κ2) is 9.15. The van der Waals surface area contributed by atoms with Gasteiger partial charge in [0.25, 0.3) is 0 Å². The number of ether oxygens (including phenoxy) is 1. The summed E-state index contributed by atoms with van der Waals surface area (Å²) >= 11 is 0. The van der Waals surface area contributed by atoms with Crippen LogP contribution < -0.4 is 10.6 Å². The number of primary amides is 1. The number of hydrogen-bond acceptors (Lipinski definition) is 3. The topological polar surface area (TPSA) is 88.4 Å². The van der Waals surface area contributed by atoms with Crippen molar-refractivity contribution >= 4 is 39.4 Å². The lowest BCUT2D eigenvalue weighted by atomic mass is 9.55. The predicted molar refractivity (Wildman–Crippen MR) is 153 cm³/mol. The normalized spacial score (nSPS) is 26.9. The van der Waals surface area contributed by atoms with Gasteiger partial charge in [-0.3, -0.25) is 9.69 Å². The molecule has 2 amide bonds. The fourth-order valence-corrected chi connectivity index (χ4v) is 8.07. The Labute approximate surface area is 228 Å². The van der Waals surface area contributed by atoms with Crippen LogP contribution in [0.15, 0.2) is 72.9 Å². The maximum Gasteiger partial charge on any atom is 0.415 e. The van der Waals surface area contributed by atoms with E-state index in [1.54, 1.807) is 6.92 Å². The largest absolute Gasteiger partial charge is 0.445 e. The van der Waals surface area contributed by atoms with Gasteiger partial charge in [-0.05, 0) is 97.2 Å². The quantitative estimate of drug-likeness (QED) is 0.301. The number of nitrogens with one attached hydrogen (secondary N) is 1. The molecule has 0 radical (unpaired) electrons.